The molecule has 1 fully saturated rings. The van der Waals surface area contributed by atoms with Crippen molar-refractivity contribution in [2.45, 2.75) is 25.6 Å². The summed E-state index contributed by atoms with van der Waals surface area (Å²) >= 11 is 3.64. The fraction of sp³-hybridized carbons (Fsp3) is 0.562. The number of hydrogen-bond acceptors (Lipinski definition) is 4. The third-order valence-electron chi connectivity index (χ3n) is 3.60. The highest BCUT2D eigenvalue weighted by Crippen LogP contribution is 2.25. The second kappa shape index (κ2) is 8.71. The first-order valence-electron chi connectivity index (χ1n) is 7.54. The van der Waals surface area contributed by atoms with Gasteiger partial charge in [0.05, 0.1) is 5.25 Å². The Bertz CT molecular complexity index is 457. The number of nitrogens with zero attached hydrogens (tertiary/aromatic N) is 1. The van der Waals surface area contributed by atoms with Crippen molar-refractivity contribution in [1.82, 2.24) is 4.90 Å². The van der Waals surface area contributed by atoms with Gasteiger partial charge in [0.25, 0.3) is 0 Å². The molecule has 0 radical (unpaired) electrons. The number of hydrogen-bond donors (Lipinski definition) is 1. The molecule has 5 heteroatoms. The number of carbonyl (C=O) groups is 1. The molecular formula is C16H24N2OS2. The maximum Gasteiger partial charge on any atom is 0.238 e. The van der Waals surface area contributed by atoms with Crippen LogP contribution in [0, 0.1) is 0 Å². The van der Waals surface area contributed by atoms with E-state index in [1.807, 2.05) is 23.9 Å². The average molecular weight is 325 g/mol. The van der Waals surface area contributed by atoms with E-state index in [1.54, 1.807) is 11.8 Å². The maximum atomic E-state index is 12.3. The first kappa shape index (κ1) is 16.7. The Hall–Kier alpha value is -0.650. The van der Waals surface area contributed by atoms with Crippen LogP contribution in [0.3, 0.4) is 0 Å². The Labute approximate surface area is 136 Å². The largest absolute Gasteiger partial charge is 0.325 e. The van der Waals surface area contributed by atoms with Gasteiger partial charge in [-0.2, -0.15) is 11.8 Å². The molecule has 116 valence electrons. The third-order valence-corrected chi connectivity index (χ3v) is 6.36. The fourth-order valence-corrected chi connectivity index (χ4v) is 4.87. The van der Waals surface area contributed by atoms with E-state index in [-0.39, 0.29) is 11.2 Å². The van der Waals surface area contributed by atoms with Crippen molar-refractivity contribution in [3.63, 3.8) is 0 Å². The van der Waals surface area contributed by atoms with E-state index in [1.165, 1.54) is 5.56 Å². The molecule has 1 amide bonds. The Morgan fingerprint density at radius 2 is 2.14 bits per heavy atom. The van der Waals surface area contributed by atoms with Gasteiger partial charge in [-0.25, -0.2) is 0 Å². The molecule has 1 aromatic rings. The van der Waals surface area contributed by atoms with Crippen LogP contribution in [0.5, 0.6) is 0 Å². The normalized spacial score (nSPS) is 18.7. The van der Waals surface area contributed by atoms with E-state index >= 15 is 0 Å². The Morgan fingerprint density at radius 3 is 2.81 bits per heavy atom. The summed E-state index contributed by atoms with van der Waals surface area (Å²) in [6.07, 6.45) is 0. The van der Waals surface area contributed by atoms with Crippen molar-refractivity contribution in [3.05, 3.63) is 29.8 Å². The van der Waals surface area contributed by atoms with Crippen LogP contribution in [-0.2, 0) is 11.3 Å². The SMILES string of the molecule is CCN(CC)Cc1cccc(NC(=O)C2CSCCS2)c1. The molecule has 0 spiro atoms. The zero-order valence-electron chi connectivity index (χ0n) is 12.8. The summed E-state index contributed by atoms with van der Waals surface area (Å²) in [4.78, 5) is 14.6. The molecule has 1 saturated heterocycles. The first-order valence-corrected chi connectivity index (χ1v) is 9.74. The molecule has 1 aliphatic heterocycles. The molecule has 1 unspecified atom stereocenters. The lowest BCUT2D eigenvalue weighted by atomic mass is 10.2. The molecule has 1 aromatic carbocycles. The Kier molecular flexibility index (Phi) is 6.93. The van der Waals surface area contributed by atoms with Gasteiger partial charge in [0.15, 0.2) is 0 Å². The van der Waals surface area contributed by atoms with Crippen LogP contribution in [0.2, 0.25) is 0 Å². The molecule has 21 heavy (non-hydrogen) atoms. The van der Waals surface area contributed by atoms with Crippen LogP contribution < -0.4 is 5.32 Å². The number of carbonyl (C=O) groups excluding carboxylic acids is 1. The van der Waals surface area contributed by atoms with Crippen molar-refractivity contribution in [2.24, 2.45) is 0 Å². The summed E-state index contributed by atoms with van der Waals surface area (Å²) in [7, 11) is 0. The summed E-state index contributed by atoms with van der Waals surface area (Å²) in [5.74, 6) is 3.31. The lowest BCUT2D eigenvalue weighted by molar-refractivity contribution is -0.115. The molecule has 1 atom stereocenters. The molecular weight excluding hydrogens is 300 g/mol. The van der Waals surface area contributed by atoms with Gasteiger partial charge in [0.2, 0.25) is 5.91 Å². The topological polar surface area (TPSA) is 32.3 Å². The summed E-state index contributed by atoms with van der Waals surface area (Å²) in [5.41, 5.74) is 2.17. The van der Waals surface area contributed by atoms with Crippen molar-refractivity contribution in [2.75, 3.05) is 35.7 Å². The van der Waals surface area contributed by atoms with Crippen LogP contribution >= 0.6 is 23.5 Å². The number of rotatable bonds is 6. The van der Waals surface area contributed by atoms with Crippen molar-refractivity contribution >= 4 is 35.1 Å². The lowest BCUT2D eigenvalue weighted by Crippen LogP contribution is -2.30. The average Bonchev–Trinajstić information content (AvgIpc) is 2.53. The summed E-state index contributed by atoms with van der Waals surface area (Å²) < 4.78 is 0. The predicted octanol–water partition coefficient (Wildman–Crippen LogP) is 3.32. The first-order chi connectivity index (χ1) is 10.2. The third kappa shape index (κ3) is 5.24. The van der Waals surface area contributed by atoms with Crippen molar-refractivity contribution in [1.29, 1.82) is 0 Å². The van der Waals surface area contributed by atoms with Crippen molar-refractivity contribution < 1.29 is 4.79 Å². The predicted molar refractivity (Wildman–Crippen MR) is 95.3 cm³/mol. The number of amides is 1. The van der Waals surface area contributed by atoms with Gasteiger partial charge in [-0.15, -0.1) is 11.8 Å². The minimum atomic E-state index is 0.0928. The quantitative estimate of drug-likeness (QED) is 0.870. The zero-order valence-corrected chi connectivity index (χ0v) is 14.4. The van der Waals surface area contributed by atoms with Gasteiger partial charge >= 0.3 is 0 Å². The van der Waals surface area contributed by atoms with E-state index in [9.17, 15) is 4.79 Å². The monoisotopic (exact) mass is 324 g/mol. The molecule has 0 saturated carbocycles. The second-order valence-electron chi connectivity index (χ2n) is 5.09. The van der Waals surface area contributed by atoms with Crippen LogP contribution in [0.4, 0.5) is 5.69 Å². The van der Waals surface area contributed by atoms with Gasteiger partial charge in [-0.05, 0) is 30.8 Å². The number of thioether (sulfide) groups is 2. The van der Waals surface area contributed by atoms with Gasteiger partial charge in [0, 0.05) is 29.5 Å². The molecule has 1 N–H and O–H groups in total. The zero-order chi connectivity index (χ0) is 15.1. The Morgan fingerprint density at radius 1 is 1.33 bits per heavy atom. The van der Waals surface area contributed by atoms with Gasteiger partial charge < -0.3 is 5.32 Å². The van der Waals surface area contributed by atoms with Crippen LogP contribution in [0.15, 0.2) is 24.3 Å². The van der Waals surface area contributed by atoms with E-state index in [2.05, 4.69) is 36.2 Å². The summed E-state index contributed by atoms with van der Waals surface area (Å²) in [6.45, 7) is 7.37. The van der Waals surface area contributed by atoms with E-state index in [0.717, 1.165) is 42.6 Å². The molecule has 1 aliphatic rings. The Balaban J connectivity index is 1.95. The highest BCUT2D eigenvalue weighted by Gasteiger charge is 2.22. The van der Waals surface area contributed by atoms with Crippen LogP contribution in [0.1, 0.15) is 19.4 Å². The van der Waals surface area contributed by atoms with E-state index in [4.69, 9.17) is 0 Å². The fourth-order valence-electron chi connectivity index (χ4n) is 2.31. The number of benzene rings is 1. The van der Waals surface area contributed by atoms with E-state index in [0.29, 0.717) is 0 Å². The summed E-state index contributed by atoms with van der Waals surface area (Å²) in [5, 5.41) is 3.16. The van der Waals surface area contributed by atoms with Crippen LogP contribution in [-0.4, -0.2) is 46.4 Å². The van der Waals surface area contributed by atoms with Crippen LogP contribution in [0.25, 0.3) is 0 Å². The van der Waals surface area contributed by atoms with Gasteiger partial charge in [-0.3, -0.25) is 9.69 Å². The van der Waals surface area contributed by atoms with Crippen molar-refractivity contribution in [3.8, 4) is 0 Å². The molecule has 2 rings (SSSR count). The standard InChI is InChI=1S/C16H24N2OS2/c1-3-18(4-2)11-13-6-5-7-14(10-13)17-16(19)15-12-20-8-9-21-15/h5-7,10,15H,3-4,8-9,11-12H2,1-2H3,(H,17,19). The lowest BCUT2D eigenvalue weighted by Gasteiger charge is -2.21. The highest BCUT2D eigenvalue weighted by molar-refractivity contribution is 8.07. The smallest absolute Gasteiger partial charge is 0.238 e. The van der Waals surface area contributed by atoms with E-state index < -0.39 is 0 Å². The number of nitrogens with one attached hydrogen (secondary N) is 1. The molecule has 0 bridgehead atoms. The number of anilines is 1. The highest BCUT2D eigenvalue weighted by atomic mass is 32.2. The second-order valence-corrected chi connectivity index (χ2v) is 7.55. The minimum Gasteiger partial charge on any atom is -0.325 e. The molecule has 1 heterocycles. The molecule has 3 nitrogen and oxygen atoms in total. The van der Waals surface area contributed by atoms with Gasteiger partial charge in [0.1, 0.15) is 0 Å². The maximum absolute atomic E-state index is 12.3. The van der Waals surface area contributed by atoms with Gasteiger partial charge in [-0.1, -0.05) is 26.0 Å². The molecule has 0 aliphatic carbocycles. The summed E-state index contributed by atoms with van der Waals surface area (Å²) in [6, 6.07) is 8.22. The molecule has 0 aromatic heterocycles. The minimum absolute atomic E-state index is 0.0928.